The van der Waals surface area contributed by atoms with Crippen molar-refractivity contribution >= 4 is 0 Å². The third kappa shape index (κ3) is 5.83. The van der Waals surface area contributed by atoms with Crippen LogP contribution in [0.15, 0.2) is 0 Å². The van der Waals surface area contributed by atoms with E-state index in [9.17, 15) is 5.11 Å². The monoisotopic (exact) mass is 229 g/mol. The second kappa shape index (κ2) is 7.25. The topological polar surface area (TPSA) is 32.7 Å². The molecule has 2 atom stereocenters. The number of hydrogen-bond acceptors (Lipinski definition) is 3. The highest BCUT2D eigenvalue weighted by atomic mass is 16.5. The van der Waals surface area contributed by atoms with E-state index in [1.54, 1.807) is 0 Å². The number of hydrogen-bond donors (Lipinski definition) is 1. The lowest BCUT2D eigenvalue weighted by molar-refractivity contribution is -0.00813. The molecule has 96 valence electrons. The van der Waals surface area contributed by atoms with Crippen molar-refractivity contribution in [2.24, 2.45) is 5.92 Å². The molecule has 1 aliphatic rings. The van der Waals surface area contributed by atoms with Crippen molar-refractivity contribution < 1.29 is 9.84 Å². The summed E-state index contributed by atoms with van der Waals surface area (Å²) in [5.41, 5.74) is 0. The number of aliphatic hydroxyl groups excluding tert-OH is 1. The zero-order chi connectivity index (χ0) is 12.0. The van der Waals surface area contributed by atoms with Gasteiger partial charge < -0.3 is 14.7 Å². The summed E-state index contributed by atoms with van der Waals surface area (Å²) < 4.78 is 5.42. The molecule has 2 unspecified atom stereocenters. The van der Waals surface area contributed by atoms with Crippen LogP contribution in [-0.4, -0.2) is 48.5 Å². The summed E-state index contributed by atoms with van der Waals surface area (Å²) in [6.45, 7) is 9.80. The molecular weight excluding hydrogens is 202 g/mol. The summed E-state index contributed by atoms with van der Waals surface area (Å²) in [4.78, 5) is 2.37. The first-order valence-corrected chi connectivity index (χ1v) is 6.60. The van der Waals surface area contributed by atoms with Crippen molar-refractivity contribution in [3.63, 3.8) is 0 Å². The van der Waals surface area contributed by atoms with Crippen molar-refractivity contribution in [3.8, 4) is 0 Å². The molecule has 0 aliphatic carbocycles. The Labute approximate surface area is 99.8 Å². The Bertz CT molecular complexity index is 185. The van der Waals surface area contributed by atoms with Gasteiger partial charge in [-0.1, -0.05) is 6.92 Å². The minimum atomic E-state index is -0.337. The molecule has 0 bridgehead atoms. The van der Waals surface area contributed by atoms with Gasteiger partial charge in [0.2, 0.25) is 0 Å². The Kier molecular flexibility index (Phi) is 6.32. The molecule has 0 aromatic carbocycles. The van der Waals surface area contributed by atoms with Crippen LogP contribution in [0.2, 0.25) is 0 Å². The molecule has 0 saturated carbocycles. The van der Waals surface area contributed by atoms with E-state index in [0.29, 0.717) is 6.61 Å². The number of rotatable bonds is 5. The van der Waals surface area contributed by atoms with Crippen LogP contribution < -0.4 is 0 Å². The van der Waals surface area contributed by atoms with E-state index >= 15 is 0 Å². The first-order chi connectivity index (χ1) is 7.58. The lowest BCUT2D eigenvalue weighted by Crippen LogP contribution is -2.36. The van der Waals surface area contributed by atoms with Crippen LogP contribution >= 0.6 is 0 Å². The van der Waals surface area contributed by atoms with E-state index < -0.39 is 0 Å². The predicted molar refractivity (Wildman–Crippen MR) is 66.5 cm³/mol. The Hall–Kier alpha value is -0.120. The first-order valence-electron chi connectivity index (χ1n) is 6.60. The van der Waals surface area contributed by atoms with Gasteiger partial charge in [-0.05, 0) is 52.1 Å². The molecule has 3 heteroatoms. The Morgan fingerprint density at radius 2 is 2.06 bits per heavy atom. The van der Waals surface area contributed by atoms with Crippen LogP contribution in [0.3, 0.4) is 0 Å². The van der Waals surface area contributed by atoms with Crippen molar-refractivity contribution in [2.45, 2.75) is 52.2 Å². The Morgan fingerprint density at radius 3 is 2.75 bits per heavy atom. The van der Waals surface area contributed by atoms with Crippen molar-refractivity contribution in [3.05, 3.63) is 0 Å². The summed E-state index contributed by atoms with van der Waals surface area (Å²) in [6, 6.07) is 0. The molecule has 0 amide bonds. The lowest BCUT2D eigenvalue weighted by Gasteiger charge is -2.23. The van der Waals surface area contributed by atoms with Crippen LogP contribution in [0, 0.1) is 5.92 Å². The zero-order valence-corrected chi connectivity index (χ0v) is 11.0. The van der Waals surface area contributed by atoms with Gasteiger partial charge in [-0.25, -0.2) is 0 Å². The lowest BCUT2D eigenvalue weighted by atomic mass is 10.0. The fraction of sp³-hybridized carbons (Fsp3) is 1.00. The van der Waals surface area contributed by atoms with Gasteiger partial charge in [-0.2, -0.15) is 0 Å². The highest BCUT2D eigenvalue weighted by molar-refractivity contribution is 4.70. The van der Waals surface area contributed by atoms with E-state index in [4.69, 9.17) is 4.74 Å². The SMILES string of the molecule is CC1CCCN(CC(O)COC(C)C)CC1. The van der Waals surface area contributed by atoms with Crippen LogP contribution in [0.5, 0.6) is 0 Å². The molecule has 1 fully saturated rings. The predicted octanol–water partition coefficient (Wildman–Crippen LogP) is 1.89. The van der Waals surface area contributed by atoms with Gasteiger partial charge in [-0.15, -0.1) is 0 Å². The largest absolute Gasteiger partial charge is 0.389 e. The van der Waals surface area contributed by atoms with Gasteiger partial charge in [0.05, 0.1) is 18.8 Å². The molecule has 0 radical (unpaired) electrons. The van der Waals surface area contributed by atoms with Gasteiger partial charge in [0.15, 0.2) is 0 Å². The van der Waals surface area contributed by atoms with Gasteiger partial charge in [0.1, 0.15) is 0 Å². The smallest absolute Gasteiger partial charge is 0.0900 e. The van der Waals surface area contributed by atoms with E-state index in [1.807, 2.05) is 13.8 Å². The Morgan fingerprint density at radius 1 is 1.31 bits per heavy atom. The van der Waals surface area contributed by atoms with Gasteiger partial charge >= 0.3 is 0 Å². The van der Waals surface area contributed by atoms with Crippen LogP contribution in [-0.2, 0) is 4.74 Å². The van der Waals surface area contributed by atoms with Gasteiger partial charge in [0, 0.05) is 6.54 Å². The third-order valence-corrected chi connectivity index (χ3v) is 3.20. The second-order valence-electron chi connectivity index (χ2n) is 5.37. The van der Waals surface area contributed by atoms with Crippen LogP contribution in [0.25, 0.3) is 0 Å². The molecule has 16 heavy (non-hydrogen) atoms. The van der Waals surface area contributed by atoms with E-state index in [2.05, 4.69) is 11.8 Å². The highest BCUT2D eigenvalue weighted by Crippen LogP contribution is 2.16. The van der Waals surface area contributed by atoms with Crippen LogP contribution in [0.4, 0.5) is 0 Å². The average molecular weight is 229 g/mol. The maximum Gasteiger partial charge on any atom is 0.0900 e. The maximum absolute atomic E-state index is 9.84. The van der Waals surface area contributed by atoms with Crippen LogP contribution in [0.1, 0.15) is 40.0 Å². The van der Waals surface area contributed by atoms with E-state index in [0.717, 1.165) is 25.6 Å². The normalized spacial score (nSPS) is 25.7. The molecule has 0 aromatic heterocycles. The molecule has 0 spiro atoms. The molecule has 1 aliphatic heterocycles. The summed E-state index contributed by atoms with van der Waals surface area (Å²) in [5, 5.41) is 9.84. The standard InChI is InChI=1S/C13H27NO2/c1-11(2)16-10-13(15)9-14-7-4-5-12(3)6-8-14/h11-13,15H,4-10H2,1-3H3. The third-order valence-electron chi connectivity index (χ3n) is 3.20. The van der Waals surface area contributed by atoms with Gasteiger partial charge in [0.25, 0.3) is 0 Å². The highest BCUT2D eigenvalue weighted by Gasteiger charge is 2.16. The number of ether oxygens (including phenoxy) is 1. The second-order valence-corrected chi connectivity index (χ2v) is 5.37. The minimum absolute atomic E-state index is 0.207. The fourth-order valence-electron chi connectivity index (χ4n) is 2.16. The number of aliphatic hydroxyl groups is 1. The molecule has 1 N–H and O–H groups in total. The number of nitrogens with zero attached hydrogens (tertiary/aromatic N) is 1. The zero-order valence-electron chi connectivity index (χ0n) is 11.0. The Balaban J connectivity index is 2.19. The van der Waals surface area contributed by atoms with Gasteiger partial charge in [-0.3, -0.25) is 0 Å². The molecular formula is C13H27NO2. The van der Waals surface area contributed by atoms with Crippen molar-refractivity contribution in [1.82, 2.24) is 4.90 Å². The number of β-amino-alcohol motifs (C(OH)–C–C–N with tert-alkyl or cyclic N) is 1. The maximum atomic E-state index is 9.84. The van der Waals surface area contributed by atoms with E-state index in [-0.39, 0.29) is 12.2 Å². The molecule has 1 heterocycles. The molecule has 0 aromatic rings. The summed E-state index contributed by atoms with van der Waals surface area (Å²) in [6.07, 6.45) is 3.72. The fourth-order valence-corrected chi connectivity index (χ4v) is 2.16. The first kappa shape index (κ1) is 13.9. The quantitative estimate of drug-likeness (QED) is 0.781. The minimum Gasteiger partial charge on any atom is -0.389 e. The van der Waals surface area contributed by atoms with Crippen molar-refractivity contribution in [2.75, 3.05) is 26.2 Å². The molecule has 1 saturated heterocycles. The molecule has 1 rings (SSSR count). The summed E-state index contributed by atoms with van der Waals surface area (Å²) >= 11 is 0. The average Bonchev–Trinajstić information content (AvgIpc) is 2.41. The number of likely N-dealkylation sites (tertiary alicyclic amines) is 1. The summed E-state index contributed by atoms with van der Waals surface area (Å²) in [5.74, 6) is 0.842. The summed E-state index contributed by atoms with van der Waals surface area (Å²) in [7, 11) is 0. The van der Waals surface area contributed by atoms with Crippen molar-refractivity contribution in [1.29, 1.82) is 0 Å². The van der Waals surface area contributed by atoms with E-state index in [1.165, 1.54) is 19.3 Å². The molecule has 3 nitrogen and oxygen atoms in total.